The number of aliphatic hydroxyl groups excluding tert-OH is 2. The number of ether oxygens (including phenoxy) is 2. The minimum atomic E-state index is -0.793. The van der Waals surface area contributed by atoms with Crippen LogP contribution in [0.25, 0.3) is 0 Å². The summed E-state index contributed by atoms with van der Waals surface area (Å²) in [6.45, 7) is 0.646. The van der Waals surface area contributed by atoms with Crippen molar-refractivity contribution in [2.45, 2.75) is 12.1 Å². The van der Waals surface area contributed by atoms with E-state index in [-0.39, 0.29) is 6.61 Å². The van der Waals surface area contributed by atoms with Gasteiger partial charge in [-0.25, -0.2) is 0 Å². The van der Waals surface area contributed by atoms with Crippen molar-refractivity contribution in [3.63, 3.8) is 0 Å². The van der Waals surface area contributed by atoms with Crippen molar-refractivity contribution >= 4 is 6.21 Å². The van der Waals surface area contributed by atoms with E-state index in [1.54, 1.807) is 25.3 Å². The maximum atomic E-state index is 10.3. The number of hydrogen-bond acceptors (Lipinski definition) is 6. The van der Waals surface area contributed by atoms with Crippen molar-refractivity contribution < 1.29 is 19.7 Å². The van der Waals surface area contributed by atoms with Crippen LogP contribution < -0.4 is 14.8 Å². The molecule has 0 aliphatic carbocycles. The maximum absolute atomic E-state index is 10.3. The van der Waals surface area contributed by atoms with E-state index >= 15 is 0 Å². The zero-order chi connectivity index (χ0) is 18.1. The highest BCUT2D eigenvalue weighted by Crippen LogP contribution is 2.23. The molecule has 0 spiro atoms. The van der Waals surface area contributed by atoms with Crippen LogP contribution in [0, 0.1) is 5.41 Å². The van der Waals surface area contributed by atoms with E-state index in [0.717, 1.165) is 5.56 Å². The Morgan fingerprint density at radius 1 is 1.20 bits per heavy atom. The Morgan fingerprint density at radius 3 is 2.60 bits per heavy atom. The normalized spacial score (nSPS) is 13.1. The highest BCUT2D eigenvalue weighted by molar-refractivity contribution is 5.81. The molecule has 0 heterocycles. The van der Waals surface area contributed by atoms with Crippen molar-refractivity contribution in [1.82, 2.24) is 5.32 Å². The van der Waals surface area contributed by atoms with E-state index < -0.39 is 12.1 Å². The molecule has 2 rings (SSSR count). The van der Waals surface area contributed by atoms with Gasteiger partial charge in [0.25, 0.3) is 0 Å². The predicted molar refractivity (Wildman–Crippen MR) is 96.7 cm³/mol. The fourth-order valence-corrected chi connectivity index (χ4v) is 2.47. The minimum Gasteiger partial charge on any atom is -0.496 e. The Labute approximate surface area is 147 Å². The van der Waals surface area contributed by atoms with Crippen molar-refractivity contribution in [3.8, 4) is 11.5 Å². The third kappa shape index (κ3) is 5.29. The van der Waals surface area contributed by atoms with Gasteiger partial charge in [-0.15, -0.1) is 0 Å². The first kappa shape index (κ1) is 18.9. The van der Waals surface area contributed by atoms with Gasteiger partial charge in [0.05, 0.1) is 25.9 Å². The van der Waals surface area contributed by atoms with Crippen LogP contribution in [0.15, 0.2) is 48.5 Å². The molecule has 0 fully saturated rings. The highest BCUT2D eigenvalue weighted by atomic mass is 16.5. The molecule has 0 aliphatic heterocycles. The summed E-state index contributed by atoms with van der Waals surface area (Å²) < 4.78 is 10.9. The molecule has 134 valence electrons. The van der Waals surface area contributed by atoms with E-state index in [9.17, 15) is 10.2 Å². The second kappa shape index (κ2) is 9.78. The van der Waals surface area contributed by atoms with Crippen LogP contribution in [0.5, 0.6) is 11.5 Å². The SMILES string of the molecule is COc1cc(OCCNC(CO)C(O)c2ccccc2)ccc1C=N. The molecule has 4 N–H and O–H groups in total. The Balaban J connectivity index is 1.84. The summed E-state index contributed by atoms with van der Waals surface area (Å²) in [5.41, 5.74) is 1.43. The third-order valence-corrected chi connectivity index (χ3v) is 3.86. The van der Waals surface area contributed by atoms with Crippen molar-refractivity contribution in [2.75, 3.05) is 26.9 Å². The van der Waals surface area contributed by atoms with Crippen LogP contribution in [-0.2, 0) is 0 Å². The molecule has 0 saturated carbocycles. The van der Waals surface area contributed by atoms with Gasteiger partial charge in [-0.2, -0.15) is 0 Å². The lowest BCUT2D eigenvalue weighted by Crippen LogP contribution is -2.40. The second-order valence-electron chi connectivity index (χ2n) is 5.50. The van der Waals surface area contributed by atoms with Gasteiger partial charge in [-0.3, -0.25) is 0 Å². The number of methoxy groups -OCH3 is 1. The Bertz CT molecular complexity index is 664. The number of hydrogen-bond donors (Lipinski definition) is 4. The largest absolute Gasteiger partial charge is 0.496 e. The summed E-state index contributed by atoms with van der Waals surface area (Å²) >= 11 is 0. The molecule has 2 unspecified atom stereocenters. The van der Waals surface area contributed by atoms with E-state index in [2.05, 4.69) is 5.32 Å². The molecule has 2 aromatic carbocycles. The maximum Gasteiger partial charge on any atom is 0.131 e. The van der Waals surface area contributed by atoms with Crippen LogP contribution in [0.3, 0.4) is 0 Å². The van der Waals surface area contributed by atoms with Gasteiger partial charge in [0.15, 0.2) is 0 Å². The first-order valence-electron chi connectivity index (χ1n) is 8.08. The van der Waals surface area contributed by atoms with Gasteiger partial charge >= 0.3 is 0 Å². The van der Waals surface area contributed by atoms with Crippen LogP contribution in [-0.4, -0.2) is 49.3 Å². The number of aliphatic hydroxyl groups is 2. The summed E-state index contributed by atoms with van der Waals surface area (Å²) in [7, 11) is 1.55. The van der Waals surface area contributed by atoms with E-state index in [4.69, 9.17) is 14.9 Å². The molecule has 0 aromatic heterocycles. The average Bonchev–Trinajstić information content (AvgIpc) is 2.68. The van der Waals surface area contributed by atoms with Crippen LogP contribution in [0.1, 0.15) is 17.2 Å². The standard InChI is InChI=1S/C19H24N2O4/c1-24-18-11-16(8-7-15(18)12-20)25-10-9-21-17(13-22)19(23)14-5-3-2-4-6-14/h2-8,11-12,17,19-23H,9-10,13H2,1H3. The van der Waals surface area contributed by atoms with E-state index in [0.29, 0.717) is 30.2 Å². The summed E-state index contributed by atoms with van der Waals surface area (Å²) in [6.07, 6.45) is 0.430. The van der Waals surface area contributed by atoms with Crippen LogP contribution in [0.2, 0.25) is 0 Å². The Morgan fingerprint density at radius 2 is 1.96 bits per heavy atom. The van der Waals surface area contributed by atoms with Crippen LogP contribution >= 0.6 is 0 Å². The average molecular weight is 344 g/mol. The topological polar surface area (TPSA) is 94.8 Å². The highest BCUT2D eigenvalue weighted by Gasteiger charge is 2.19. The quantitative estimate of drug-likeness (QED) is 0.389. The second-order valence-corrected chi connectivity index (χ2v) is 5.50. The minimum absolute atomic E-state index is 0.183. The van der Waals surface area contributed by atoms with Gasteiger partial charge in [-0.05, 0) is 17.7 Å². The van der Waals surface area contributed by atoms with Gasteiger partial charge in [0.2, 0.25) is 0 Å². The lowest BCUT2D eigenvalue weighted by atomic mass is 10.0. The zero-order valence-electron chi connectivity index (χ0n) is 14.2. The van der Waals surface area contributed by atoms with Gasteiger partial charge in [-0.1, -0.05) is 30.3 Å². The molecular formula is C19H24N2O4. The molecule has 0 aliphatic rings. The zero-order valence-corrected chi connectivity index (χ0v) is 14.2. The van der Waals surface area contributed by atoms with Crippen molar-refractivity contribution in [3.05, 3.63) is 59.7 Å². The smallest absolute Gasteiger partial charge is 0.131 e. The van der Waals surface area contributed by atoms with E-state index in [1.165, 1.54) is 6.21 Å². The molecule has 6 nitrogen and oxygen atoms in total. The van der Waals surface area contributed by atoms with E-state index in [1.807, 2.05) is 30.3 Å². The van der Waals surface area contributed by atoms with Gasteiger partial charge in [0, 0.05) is 24.4 Å². The molecule has 6 heteroatoms. The molecule has 2 atom stereocenters. The fraction of sp³-hybridized carbons (Fsp3) is 0.316. The predicted octanol–water partition coefficient (Wildman–Crippen LogP) is 1.76. The first-order chi connectivity index (χ1) is 12.2. The number of rotatable bonds is 10. The fourth-order valence-electron chi connectivity index (χ4n) is 2.47. The molecule has 0 radical (unpaired) electrons. The Hall–Kier alpha value is -2.41. The first-order valence-corrected chi connectivity index (χ1v) is 8.08. The summed E-state index contributed by atoms with van der Waals surface area (Å²) in [5.74, 6) is 1.21. The van der Waals surface area contributed by atoms with Gasteiger partial charge in [0.1, 0.15) is 18.1 Å². The Kier molecular flexibility index (Phi) is 7.40. The van der Waals surface area contributed by atoms with Crippen LogP contribution in [0.4, 0.5) is 0 Å². The van der Waals surface area contributed by atoms with Crippen molar-refractivity contribution in [2.24, 2.45) is 0 Å². The molecule has 0 amide bonds. The lowest BCUT2D eigenvalue weighted by Gasteiger charge is -2.22. The summed E-state index contributed by atoms with van der Waals surface area (Å²) in [5, 5.41) is 30.2. The lowest BCUT2D eigenvalue weighted by molar-refractivity contribution is 0.0878. The number of nitrogens with one attached hydrogen (secondary N) is 2. The molecule has 25 heavy (non-hydrogen) atoms. The molecule has 0 saturated heterocycles. The molecule has 0 bridgehead atoms. The van der Waals surface area contributed by atoms with Crippen molar-refractivity contribution in [1.29, 1.82) is 5.41 Å². The van der Waals surface area contributed by atoms with Gasteiger partial charge < -0.3 is 30.4 Å². The summed E-state index contributed by atoms with van der Waals surface area (Å²) in [4.78, 5) is 0. The molecular weight excluding hydrogens is 320 g/mol. The monoisotopic (exact) mass is 344 g/mol. The third-order valence-electron chi connectivity index (χ3n) is 3.86. The number of benzene rings is 2. The molecule has 2 aromatic rings. The summed E-state index contributed by atoms with van der Waals surface area (Å²) in [6, 6.07) is 14.0.